The lowest BCUT2D eigenvalue weighted by molar-refractivity contribution is 0.539. The molecular formula is CH2NO2S-. The summed E-state index contributed by atoms with van der Waals surface area (Å²) in [5, 5.41) is 0. The average molecular weight is 92.1 g/mol. The predicted molar refractivity (Wildman–Crippen MR) is 18.5 cm³/mol. The minimum Gasteiger partial charge on any atom is -0.754 e. The molecule has 0 saturated heterocycles. The molecule has 4 heteroatoms. The second-order valence-electron chi connectivity index (χ2n) is 0.346. The Morgan fingerprint density at radius 2 is 2.20 bits per heavy atom. The summed E-state index contributed by atoms with van der Waals surface area (Å²) in [5.74, 6) is 0. The number of rotatable bonds is 1. The third-order valence-corrected chi connectivity index (χ3v) is 0.316. The van der Waals surface area contributed by atoms with Gasteiger partial charge in [0.1, 0.15) is 0 Å². The minimum absolute atomic E-state index is 2.31. The number of hydrogen-bond acceptors (Lipinski definition) is 2. The Morgan fingerprint density at radius 3 is 2.20 bits per heavy atom. The van der Waals surface area contributed by atoms with Crippen molar-refractivity contribution in [2.75, 3.05) is 0 Å². The van der Waals surface area contributed by atoms with E-state index in [4.69, 9.17) is 8.76 Å². The minimum atomic E-state index is -2.31. The molecular weight excluding hydrogens is 90.1 g/mol. The van der Waals surface area contributed by atoms with Crippen LogP contribution in [0.15, 0.2) is 4.40 Å². The van der Waals surface area contributed by atoms with Crippen molar-refractivity contribution < 1.29 is 8.76 Å². The van der Waals surface area contributed by atoms with Gasteiger partial charge in [0.15, 0.2) is 0 Å². The molecule has 0 heterocycles. The number of hydrogen-bond donors (Lipinski definition) is 0. The maximum atomic E-state index is 9.14. The van der Waals surface area contributed by atoms with Gasteiger partial charge in [0, 0.05) is 6.72 Å². The molecule has 5 heavy (non-hydrogen) atoms. The first-order chi connectivity index (χ1) is 2.27. The Bertz CT molecular complexity index is 60.7. The molecule has 0 bridgehead atoms. The van der Waals surface area contributed by atoms with Crippen molar-refractivity contribution in [2.45, 2.75) is 0 Å². The molecule has 0 aliphatic carbocycles. The fourth-order valence-electron chi connectivity index (χ4n) is 0. The molecule has 0 radical (unpaired) electrons. The molecule has 0 aromatic heterocycles. The van der Waals surface area contributed by atoms with Crippen LogP contribution in [0, 0.1) is 0 Å². The standard InChI is InChI=1S/CH3NO2S/c1-2-5(3)4/h1H2,(H,3,4)/p-1. The lowest BCUT2D eigenvalue weighted by Crippen LogP contribution is -1.72. The van der Waals surface area contributed by atoms with E-state index in [-0.39, 0.29) is 0 Å². The van der Waals surface area contributed by atoms with Gasteiger partial charge in [0.25, 0.3) is 0 Å². The average Bonchev–Trinajstić information content (AvgIpc) is 1.38. The monoisotopic (exact) mass is 92.0 g/mol. The van der Waals surface area contributed by atoms with Gasteiger partial charge in [-0.3, -0.25) is 4.21 Å². The van der Waals surface area contributed by atoms with E-state index in [2.05, 4.69) is 11.1 Å². The van der Waals surface area contributed by atoms with Crippen molar-refractivity contribution in [3.63, 3.8) is 0 Å². The van der Waals surface area contributed by atoms with Crippen LogP contribution in [0.3, 0.4) is 0 Å². The highest BCUT2D eigenvalue weighted by Gasteiger charge is 1.51. The van der Waals surface area contributed by atoms with Gasteiger partial charge >= 0.3 is 0 Å². The van der Waals surface area contributed by atoms with Crippen LogP contribution in [-0.2, 0) is 11.3 Å². The number of nitrogens with zero attached hydrogens (tertiary/aromatic N) is 1. The summed E-state index contributed by atoms with van der Waals surface area (Å²) in [6.45, 7) is 2.70. The molecule has 0 aromatic carbocycles. The Kier molecular flexibility index (Phi) is 1.95. The van der Waals surface area contributed by atoms with E-state index >= 15 is 0 Å². The first kappa shape index (κ1) is 4.78. The second kappa shape index (κ2) is 2.04. The highest BCUT2D eigenvalue weighted by Crippen LogP contribution is 1.62. The van der Waals surface area contributed by atoms with Crippen LogP contribution >= 0.6 is 0 Å². The maximum absolute atomic E-state index is 9.14. The zero-order valence-electron chi connectivity index (χ0n) is 2.38. The van der Waals surface area contributed by atoms with Crippen LogP contribution in [0.4, 0.5) is 0 Å². The van der Waals surface area contributed by atoms with E-state index in [9.17, 15) is 0 Å². The maximum Gasteiger partial charge on any atom is 0.0670 e. The summed E-state index contributed by atoms with van der Waals surface area (Å²) in [6.07, 6.45) is 0. The second-order valence-corrected chi connectivity index (χ2v) is 1.04. The lowest BCUT2D eigenvalue weighted by Gasteiger charge is -1.86. The van der Waals surface area contributed by atoms with Crippen molar-refractivity contribution in [1.82, 2.24) is 0 Å². The molecule has 0 aliphatic rings. The Balaban J connectivity index is 3.20. The van der Waals surface area contributed by atoms with Gasteiger partial charge in [0.2, 0.25) is 0 Å². The molecule has 0 amide bonds. The molecule has 3 nitrogen and oxygen atoms in total. The molecule has 0 aromatic rings. The summed E-state index contributed by atoms with van der Waals surface area (Å²) >= 11 is -2.31. The van der Waals surface area contributed by atoms with Gasteiger partial charge in [0.05, 0.1) is 11.3 Å². The molecule has 1 atom stereocenters. The van der Waals surface area contributed by atoms with Crippen LogP contribution in [-0.4, -0.2) is 15.5 Å². The molecule has 1 unspecified atom stereocenters. The van der Waals surface area contributed by atoms with Gasteiger partial charge in [-0.25, -0.2) is 4.40 Å². The van der Waals surface area contributed by atoms with Crippen LogP contribution in [0.1, 0.15) is 0 Å². The third kappa shape index (κ3) is 3.78. The van der Waals surface area contributed by atoms with Crippen molar-refractivity contribution >= 4 is 18.0 Å². The smallest absolute Gasteiger partial charge is 0.0670 e. The largest absolute Gasteiger partial charge is 0.754 e. The van der Waals surface area contributed by atoms with E-state index in [1.807, 2.05) is 0 Å². The van der Waals surface area contributed by atoms with E-state index < -0.39 is 11.3 Å². The third-order valence-electron chi connectivity index (χ3n) is 0.105. The van der Waals surface area contributed by atoms with Crippen LogP contribution < -0.4 is 0 Å². The zero-order valence-corrected chi connectivity index (χ0v) is 3.20. The topological polar surface area (TPSA) is 52.5 Å². The molecule has 0 N–H and O–H groups in total. The molecule has 0 saturated carbocycles. The highest BCUT2D eigenvalue weighted by molar-refractivity contribution is 7.77. The van der Waals surface area contributed by atoms with Gasteiger partial charge in [-0.1, -0.05) is 0 Å². The van der Waals surface area contributed by atoms with Crippen molar-refractivity contribution in [2.24, 2.45) is 4.40 Å². The SMILES string of the molecule is C=NS(=O)[O-]. The fraction of sp³-hybridized carbons (Fsp3) is 0. The van der Waals surface area contributed by atoms with Crippen LogP contribution in [0.5, 0.6) is 0 Å². The Morgan fingerprint density at radius 1 is 2.00 bits per heavy atom. The van der Waals surface area contributed by atoms with E-state index in [1.54, 1.807) is 0 Å². The van der Waals surface area contributed by atoms with Crippen LogP contribution in [0.2, 0.25) is 0 Å². The zero-order chi connectivity index (χ0) is 4.28. The van der Waals surface area contributed by atoms with Crippen LogP contribution in [0.25, 0.3) is 0 Å². The Hall–Kier alpha value is -0.220. The predicted octanol–water partition coefficient (Wildman–Crippen LogP) is -0.519. The molecule has 30 valence electrons. The highest BCUT2D eigenvalue weighted by atomic mass is 32.2. The summed E-state index contributed by atoms with van der Waals surface area (Å²) in [4.78, 5) is 0. The van der Waals surface area contributed by atoms with Crippen molar-refractivity contribution in [3.8, 4) is 0 Å². The summed E-state index contributed by atoms with van der Waals surface area (Å²) in [7, 11) is 0. The summed E-state index contributed by atoms with van der Waals surface area (Å²) < 4.78 is 20.8. The van der Waals surface area contributed by atoms with Gasteiger partial charge in [-0.15, -0.1) is 0 Å². The van der Waals surface area contributed by atoms with Gasteiger partial charge in [-0.2, -0.15) is 0 Å². The molecule has 0 fully saturated rings. The first-order valence-electron chi connectivity index (χ1n) is 0.832. The van der Waals surface area contributed by atoms with E-state index in [0.717, 1.165) is 0 Å². The van der Waals surface area contributed by atoms with E-state index in [1.165, 1.54) is 0 Å². The van der Waals surface area contributed by atoms with Crippen molar-refractivity contribution in [3.05, 3.63) is 0 Å². The summed E-state index contributed by atoms with van der Waals surface area (Å²) in [5.41, 5.74) is 0. The molecule has 0 rings (SSSR count). The van der Waals surface area contributed by atoms with Crippen molar-refractivity contribution in [1.29, 1.82) is 0 Å². The lowest BCUT2D eigenvalue weighted by atomic mass is 11.8. The fourth-order valence-corrected chi connectivity index (χ4v) is 0. The van der Waals surface area contributed by atoms with Gasteiger partial charge < -0.3 is 4.55 Å². The van der Waals surface area contributed by atoms with Gasteiger partial charge in [-0.05, 0) is 0 Å². The first-order valence-corrected chi connectivity index (χ1v) is 1.86. The van der Waals surface area contributed by atoms with E-state index in [0.29, 0.717) is 0 Å². The quantitative estimate of drug-likeness (QED) is 0.323. The normalized spacial score (nSPS) is 13.8. The summed E-state index contributed by atoms with van der Waals surface area (Å²) in [6, 6.07) is 0. The Labute approximate surface area is 32.1 Å². The molecule has 0 aliphatic heterocycles. The molecule has 0 spiro atoms.